The molecule has 3 aromatic rings. The maximum Gasteiger partial charge on any atom is 0.337 e. The van der Waals surface area contributed by atoms with E-state index < -0.39 is 5.97 Å². The molecule has 0 aliphatic carbocycles. The van der Waals surface area contributed by atoms with E-state index >= 15 is 0 Å². The minimum atomic E-state index is -0.567. The second-order valence-corrected chi connectivity index (χ2v) is 6.98. The van der Waals surface area contributed by atoms with E-state index in [4.69, 9.17) is 4.74 Å². The number of rotatable bonds is 7. The number of nitrogens with zero attached hydrogens (tertiary/aromatic N) is 3. The zero-order chi connectivity index (χ0) is 21.1. The summed E-state index contributed by atoms with van der Waals surface area (Å²) >= 11 is 0. The molecule has 0 spiro atoms. The van der Waals surface area contributed by atoms with Gasteiger partial charge in [0.2, 0.25) is 0 Å². The van der Waals surface area contributed by atoms with E-state index in [1.54, 1.807) is 6.20 Å². The molecule has 0 unspecified atom stereocenters. The van der Waals surface area contributed by atoms with Crippen LogP contribution in [0.15, 0.2) is 66.0 Å². The van der Waals surface area contributed by atoms with E-state index in [1.807, 2.05) is 53.2 Å². The van der Waals surface area contributed by atoms with Crippen LogP contribution in [0.25, 0.3) is 10.9 Å². The topological polar surface area (TPSA) is 96.7 Å². The summed E-state index contributed by atoms with van der Waals surface area (Å²) in [7, 11) is 1.28. The third-order valence-corrected chi connectivity index (χ3v) is 5.04. The first kappa shape index (κ1) is 19.7. The van der Waals surface area contributed by atoms with E-state index in [0.717, 1.165) is 16.5 Å². The Balaban J connectivity index is 1.60. The second kappa shape index (κ2) is 8.38. The highest BCUT2D eigenvalue weighted by molar-refractivity contribution is 6.08. The highest BCUT2D eigenvalue weighted by atomic mass is 16.5. The van der Waals surface area contributed by atoms with Crippen molar-refractivity contribution in [1.82, 2.24) is 14.7 Å². The Hall–Kier alpha value is -3.65. The van der Waals surface area contributed by atoms with Crippen LogP contribution in [0.4, 0.5) is 5.69 Å². The van der Waals surface area contributed by atoms with Crippen LogP contribution in [0.1, 0.15) is 5.56 Å². The van der Waals surface area contributed by atoms with Crippen molar-refractivity contribution in [1.29, 1.82) is 0 Å². The first-order valence-corrected chi connectivity index (χ1v) is 9.59. The number of methoxy groups -OCH3 is 1. The number of fused-ring (bicyclic) bond motifs is 1. The summed E-state index contributed by atoms with van der Waals surface area (Å²) in [6.45, 7) is 0.727. The summed E-state index contributed by atoms with van der Waals surface area (Å²) in [6, 6.07) is 15.7. The predicted molar refractivity (Wildman–Crippen MR) is 112 cm³/mol. The molecule has 2 aromatic carbocycles. The molecule has 2 N–H and O–H groups in total. The lowest BCUT2D eigenvalue weighted by Gasteiger charge is -2.15. The highest BCUT2D eigenvalue weighted by Crippen LogP contribution is 2.25. The van der Waals surface area contributed by atoms with Gasteiger partial charge < -0.3 is 20.1 Å². The van der Waals surface area contributed by atoms with Crippen molar-refractivity contribution in [2.45, 2.75) is 6.54 Å². The summed E-state index contributed by atoms with van der Waals surface area (Å²) in [6.07, 6.45) is 1.77. The van der Waals surface area contributed by atoms with Gasteiger partial charge in [-0.25, -0.2) is 4.79 Å². The van der Waals surface area contributed by atoms with Gasteiger partial charge in [0, 0.05) is 17.6 Å². The number of carbonyl (C=O) groups is 2. The zero-order valence-corrected chi connectivity index (χ0v) is 16.5. The van der Waals surface area contributed by atoms with Gasteiger partial charge in [0.1, 0.15) is 5.70 Å². The quantitative estimate of drug-likeness (QED) is 0.581. The first-order valence-electron chi connectivity index (χ1n) is 9.59. The van der Waals surface area contributed by atoms with Crippen molar-refractivity contribution in [3.63, 3.8) is 0 Å². The number of amides is 1. The molecule has 4 rings (SSSR count). The molecule has 0 atom stereocenters. The number of β-amino-alcohol motifs (C(OH)–C–C–N with tert-alkyl or cyclic N) is 1. The Labute approximate surface area is 173 Å². The summed E-state index contributed by atoms with van der Waals surface area (Å²) in [5.74, 6) is -0.910. The molecule has 0 saturated heterocycles. The molecule has 2 heterocycles. The Morgan fingerprint density at radius 3 is 2.77 bits per heavy atom. The smallest absolute Gasteiger partial charge is 0.337 e. The largest absolute Gasteiger partial charge is 0.466 e. The van der Waals surface area contributed by atoms with E-state index in [-0.39, 0.29) is 36.9 Å². The predicted octanol–water partition coefficient (Wildman–Crippen LogP) is 1.76. The Kier molecular flexibility index (Phi) is 5.49. The van der Waals surface area contributed by atoms with Gasteiger partial charge in [0.25, 0.3) is 5.91 Å². The maximum atomic E-state index is 12.7. The Morgan fingerprint density at radius 1 is 1.23 bits per heavy atom. The van der Waals surface area contributed by atoms with Crippen molar-refractivity contribution in [2.75, 3.05) is 32.1 Å². The number of ether oxygens (including phenoxy) is 1. The molecule has 1 aliphatic rings. The molecule has 0 bridgehead atoms. The minimum Gasteiger partial charge on any atom is -0.466 e. The standard InChI is InChI=1S/C22H22N4O4/c1-30-22(29)18-14-25(9-10-27)21(28)20(18)24-17-7-8-19-16(11-17)12-23-26(19)13-15-5-3-2-4-6-15/h2-8,11-12,24,27H,9-10,13-14H2,1H3. The average molecular weight is 406 g/mol. The van der Waals surface area contributed by atoms with E-state index in [2.05, 4.69) is 10.4 Å². The van der Waals surface area contributed by atoms with Crippen LogP contribution in [0, 0.1) is 0 Å². The molecule has 1 aliphatic heterocycles. The monoisotopic (exact) mass is 406 g/mol. The fourth-order valence-electron chi connectivity index (χ4n) is 3.54. The Bertz CT molecular complexity index is 1120. The number of aliphatic hydroxyl groups excluding tert-OH is 1. The van der Waals surface area contributed by atoms with Gasteiger partial charge in [0.05, 0.1) is 44.1 Å². The molecule has 1 amide bonds. The first-order chi connectivity index (χ1) is 14.6. The third kappa shape index (κ3) is 3.77. The molecule has 0 radical (unpaired) electrons. The number of nitrogens with one attached hydrogen (secondary N) is 1. The molecular formula is C22H22N4O4. The molecule has 1 aromatic heterocycles. The number of benzene rings is 2. The van der Waals surface area contributed by atoms with Gasteiger partial charge in [-0.15, -0.1) is 0 Å². The van der Waals surface area contributed by atoms with Crippen LogP contribution in [0.3, 0.4) is 0 Å². The zero-order valence-electron chi connectivity index (χ0n) is 16.5. The van der Waals surface area contributed by atoms with Crippen LogP contribution >= 0.6 is 0 Å². The summed E-state index contributed by atoms with van der Waals surface area (Å²) in [4.78, 5) is 26.2. The van der Waals surface area contributed by atoms with Crippen LogP contribution in [0.2, 0.25) is 0 Å². The average Bonchev–Trinajstić information content (AvgIpc) is 3.30. The highest BCUT2D eigenvalue weighted by Gasteiger charge is 2.34. The van der Waals surface area contributed by atoms with Crippen LogP contribution in [-0.4, -0.2) is 58.5 Å². The summed E-state index contributed by atoms with van der Waals surface area (Å²) in [5.41, 5.74) is 3.20. The van der Waals surface area contributed by atoms with Gasteiger partial charge in [0.15, 0.2) is 0 Å². The van der Waals surface area contributed by atoms with Crippen molar-refractivity contribution in [3.05, 3.63) is 71.6 Å². The van der Waals surface area contributed by atoms with Gasteiger partial charge in [-0.3, -0.25) is 9.48 Å². The van der Waals surface area contributed by atoms with E-state index in [0.29, 0.717) is 12.2 Å². The minimum absolute atomic E-state index is 0.103. The number of hydrogen-bond acceptors (Lipinski definition) is 6. The number of aliphatic hydroxyl groups is 1. The van der Waals surface area contributed by atoms with Crippen molar-refractivity contribution >= 4 is 28.5 Å². The van der Waals surface area contributed by atoms with Crippen molar-refractivity contribution in [3.8, 4) is 0 Å². The number of hydrogen-bond donors (Lipinski definition) is 2. The SMILES string of the molecule is COC(=O)C1=C(Nc2ccc3c(cnn3Cc3ccccc3)c2)C(=O)N(CCO)C1. The van der Waals surface area contributed by atoms with Crippen LogP contribution < -0.4 is 5.32 Å². The van der Waals surface area contributed by atoms with Gasteiger partial charge in [-0.2, -0.15) is 5.10 Å². The number of aromatic nitrogens is 2. The molecule has 0 fully saturated rings. The van der Waals surface area contributed by atoms with Gasteiger partial charge in [-0.05, 0) is 23.8 Å². The molecule has 8 heteroatoms. The number of carbonyl (C=O) groups excluding carboxylic acids is 2. The number of anilines is 1. The lowest BCUT2D eigenvalue weighted by Crippen LogP contribution is -2.31. The van der Waals surface area contributed by atoms with E-state index in [1.165, 1.54) is 12.0 Å². The molecular weight excluding hydrogens is 384 g/mol. The van der Waals surface area contributed by atoms with Crippen LogP contribution in [0.5, 0.6) is 0 Å². The Morgan fingerprint density at radius 2 is 2.03 bits per heavy atom. The fraction of sp³-hybridized carbons (Fsp3) is 0.227. The fourth-order valence-corrected chi connectivity index (χ4v) is 3.54. The summed E-state index contributed by atoms with van der Waals surface area (Å²) < 4.78 is 6.73. The third-order valence-electron chi connectivity index (χ3n) is 5.04. The normalized spacial score (nSPS) is 13.9. The maximum absolute atomic E-state index is 12.7. The molecule has 0 saturated carbocycles. The van der Waals surface area contributed by atoms with E-state index in [9.17, 15) is 14.7 Å². The lowest BCUT2D eigenvalue weighted by molar-refractivity contribution is -0.136. The molecule has 154 valence electrons. The van der Waals surface area contributed by atoms with Crippen molar-refractivity contribution < 1.29 is 19.4 Å². The summed E-state index contributed by atoms with van der Waals surface area (Å²) in [5, 5.41) is 17.6. The molecule has 8 nitrogen and oxygen atoms in total. The second-order valence-electron chi connectivity index (χ2n) is 6.98. The molecule has 30 heavy (non-hydrogen) atoms. The van der Waals surface area contributed by atoms with Gasteiger partial charge in [-0.1, -0.05) is 30.3 Å². The van der Waals surface area contributed by atoms with Crippen molar-refractivity contribution in [2.24, 2.45) is 0 Å². The van der Waals surface area contributed by atoms with Crippen LogP contribution in [-0.2, 0) is 20.9 Å². The van der Waals surface area contributed by atoms with Gasteiger partial charge >= 0.3 is 5.97 Å². The number of esters is 1. The lowest BCUT2D eigenvalue weighted by atomic mass is 10.2.